The van der Waals surface area contributed by atoms with Crippen LogP contribution in [-0.4, -0.2) is 6.61 Å². The molecule has 0 spiro atoms. The molecule has 3 nitrogen and oxygen atoms in total. The Hall–Kier alpha value is -2.44. The van der Waals surface area contributed by atoms with Gasteiger partial charge >= 0.3 is 0 Å². The molecule has 2 aromatic rings. The first-order valence-electron chi connectivity index (χ1n) is 6.93. The van der Waals surface area contributed by atoms with Crippen LogP contribution in [-0.2, 0) is 6.61 Å². The van der Waals surface area contributed by atoms with E-state index in [2.05, 4.69) is 0 Å². The average Bonchev–Trinajstić information content (AvgIpc) is 2.54. The lowest BCUT2D eigenvalue weighted by Gasteiger charge is -2.12. The van der Waals surface area contributed by atoms with E-state index in [0.717, 1.165) is 11.1 Å². The average molecular weight is 314 g/mol. The number of nitrogens with zero attached hydrogens (tertiary/aromatic N) is 1. The van der Waals surface area contributed by atoms with Crippen molar-refractivity contribution in [1.82, 2.24) is 0 Å². The van der Waals surface area contributed by atoms with Crippen molar-refractivity contribution in [1.29, 1.82) is 5.26 Å². The van der Waals surface area contributed by atoms with E-state index >= 15 is 0 Å². The van der Waals surface area contributed by atoms with Crippen LogP contribution in [0.2, 0.25) is 5.02 Å². The van der Waals surface area contributed by atoms with E-state index < -0.39 is 0 Å². The Morgan fingerprint density at radius 3 is 2.55 bits per heavy atom. The molecule has 112 valence electrons. The molecule has 2 rings (SSSR count). The van der Waals surface area contributed by atoms with E-state index in [0.29, 0.717) is 29.7 Å². The van der Waals surface area contributed by atoms with Crippen molar-refractivity contribution in [2.75, 3.05) is 6.61 Å². The number of benzene rings is 2. The number of hydrogen-bond donors (Lipinski definition) is 0. The fraction of sp³-hybridized carbons (Fsp3) is 0.167. The van der Waals surface area contributed by atoms with Crippen molar-refractivity contribution in [2.24, 2.45) is 0 Å². The maximum absolute atomic E-state index is 8.58. The molecule has 0 saturated heterocycles. The Kier molecular flexibility index (Phi) is 5.88. The third-order valence-corrected chi connectivity index (χ3v) is 3.18. The minimum atomic E-state index is 0.435. The van der Waals surface area contributed by atoms with Crippen molar-refractivity contribution < 1.29 is 9.47 Å². The molecule has 0 heterocycles. The third kappa shape index (κ3) is 4.54. The van der Waals surface area contributed by atoms with Gasteiger partial charge in [-0.25, -0.2) is 0 Å². The molecule has 0 unspecified atom stereocenters. The van der Waals surface area contributed by atoms with Crippen molar-refractivity contribution in [2.45, 2.75) is 13.5 Å². The Balaban J connectivity index is 2.13. The molecule has 0 radical (unpaired) electrons. The molecule has 0 aliphatic rings. The first-order chi connectivity index (χ1) is 10.7. The predicted octanol–water partition coefficient (Wildman–Crippen LogP) is 4.85. The molecule has 0 bridgehead atoms. The zero-order valence-electron chi connectivity index (χ0n) is 12.3. The van der Waals surface area contributed by atoms with Crippen LogP contribution in [0.1, 0.15) is 18.1 Å². The summed E-state index contributed by atoms with van der Waals surface area (Å²) >= 11 is 5.86. The van der Waals surface area contributed by atoms with Crippen molar-refractivity contribution >= 4 is 17.7 Å². The molecule has 4 heteroatoms. The van der Waals surface area contributed by atoms with E-state index in [1.54, 1.807) is 6.08 Å². The number of halogens is 1. The van der Waals surface area contributed by atoms with E-state index in [1.165, 1.54) is 6.08 Å². The first kappa shape index (κ1) is 15.9. The maximum atomic E-state index is 8.58. The van der Waals surface area contributed by atoms with Gasteiger partial charge in [-0.2, -0.15) is 5.26 Å². The smallest absolute Gasteiger partial charge is 0.161 e. The zero-order chi connectivity index (χ0) is 15.8. The van der Waals surface area contributed by atoms with Crippen LogP contribution >= 0.6 is 11.6 Å². The summed E-state index contributed by atoms with van der Waals surface area (Å²) in [5, 5.41) is 9.28. The Bertz CT molecular complexity index is 687. The summed E-state index contributed by atoms with van der Waals surface area (Å²) < 4.78 is 11.4. The van der Waals surface area contributed by atoms with Gasteiger partial charge in [-0.3, -0.25) is 0 Å². The lowest BCUT2D eigenvalue weighted by Crippen LogP contribution is -1.99. The quantitative estimate of drug-likeness (QED) is 0.716. The third-order valence-electron chi connectivity index (χ3n) is 2.93. The standard InChI is InChI=1S/C18H16ClNO2/c1-2-21-18-12-14(4-3-11-20)7-10-17(18)22-13-15-5-8-16(19)9-6-15/h3-10,12H,2,13H2,1H3/b4-3+. The second kappa shape index (κ2) is 8.11. The molecule has 0 aliphatic carbocycles. The van der Waals surface area contributed by atoms with Crippen LogP contribution in [0.3, 0.4) is 0 Å². The van der Waals surface area contributed by atoms with Crippen molar-refractivity contribution in [3.05, 3.63) is 64.7 Å². The predicted molar refractivity (Wildman–Crippen MR) is 88.0 cm³/mol. The van der Waals surface area contributed by atoms with Crippen LogP contribution < -0.4 is 9.47 Å². The highest BCUT2D eigenvalue weighted by Gasteiger charge is 2.06. The van der Waals surface area contributed by atoms with Crippen LogP contribution in [0.25, 0.3) is 6.08 Å². The van der Waals surface area contributed by atoms with Gasteiger partial charge < -0.3 is 9.47 Å². The van der Waals surface area contributed by atoms with Gasteiger partial charge in [0.2, 0.25) is 0 Å². The molecule has 22 heavy (non-hydrogen) atoms. The minimum absolute atomic E-state index is 0.435. The number of allylic oxidation sites excluding steroid dienone is 1. The molecule has 0 aliphatic heterocycles. The molecular weight excluding hydrogens is 298 g/mol. The largest absolute Gasteiger partial charge is 0.490 e. The fourth-order valence-corrected chi connectivity index (χ4v) is 2.02. The van der Waals surface area contributed by atoms with Gasteiger partial charge in [-0.15, -0.1) is 0 Å². The SMILES string of the molecule is CCOc1cc(/C=C/C#N)ccc1OCc1ccc(Cl)cc1. The van der Waals surface area contributed by atoms with Crippen molar-refractivity contribution in [3.63, 3.8) is 0 Å². The zero-order valence-corrected chi connectivity index (χ0v) is 13.0. The van der Waals surface area contributed by atoms with Crippen LogP contribution in [0.4, 0.5) is 0 Å². The van der Waals surface area contributed by atoms with E-state index in [9.17, 15) is 0 Å². The summed E-state index contributed by atoms with van der Waals surface area (Å²) in [7, 11) is 0. The van der Waals surface area contributed by atoms with Crippen LogP contribution in [0.5, 0.6) is 11.5 Å². The van der Waals surface area contributed by atoms with Gasteiger partial charge in [-0.05, 0) is 48.4 Å². The summed E-state index contributed by atoms with van der Waals surface area (Å²) in [6, 6.07) is 15.1. The topological polar surface area (TPSA) is 42.2 Å². The lowest BCUT2D eigenvalue weighted by atomic mass is 10.2. The molecule has 0 atom stereocenters. The van der Waals surface area contributed by atoms with Gasteiger partial charge in [0.15, 0.2) is 11.5 Å². The first-order valence-corrected chi connectivity index (χ1v) is 7.31. The highest BCUT2D eigenvalue weighted by atomic mass is 35.5. The Morgan fingerprint density at radius 2 is 1.86 bits per heavy atom. The van der Waals surface area contributed by atoms with Gasteiger partial charge in [0, 0.05) is 11.1 Å². The van der Waals surface area contributed by atoms with E-state index in [1.807, 2.05) is 55.5 Å². The van der Waals surface area contributed by atoms with Gasteiger partial charge in [0.25, 0.3) is 0 Å². The van der Waals surface area contributed by atoms with Crippen molar-refractivity contribution in [3.8, 4) is 17.6 Å². The summed E-state index contributed by atoms with van der Waals surface area (Å²) in [6.45, 7) is 2.90. The number of rotatable bonds is 6. The lowest BCUT2D eigenvalue weighted by molar-refractivity contribution is 0.269. The van der Waals surface area contributed by atoms with Gasteiger partial charge in [0.05, 0.1) is 12.7 Å². The molecule has 0 N–H and O–H groups in total. The second-order valence-electron chi connectivity index (χ2n) is 4.52. The van der Waals surface area contributed by atoms with Gasteiger partial charge in [0.1, 0.15) is 6.61 Å². The second-order valence-corrected chi connectivity index (χ2v) is 4.95. The highest BCUT2D eigenvalue weighted by molar-refractivity contribution is 6.30. The summed E-state index contributed by atoms with van der Waals surface area (Å²) in [4.78, 5) is 0. The monoisotopic (exact) mass is 313 g/mol. The number of ether oxygens (including phenoxy) is 2. The Labute approximate surface area is 135 Å². The van der Waals surface area contributed by atoms with Crippen LogP contribution in [0, 0.1) is 11.3 Å². The molecule has 0 aromatic heterocycles. The molecule has 0 amide bonds. The summed E-state index contributed by atoms with van der Waals surface area (Å²) in [6.07, 6.45) is 3.16. The maximum Gasteiger partial charge on any atom is 0.161 e. The number of hydrogen-bond acceptors (Lipinski definition) is 3. The van der Waals surface area contributed by atoms with Crippen LogP contribution in [0.15, 0.2) is 48.5 Å². The highest BCUT2D eigenvalue weighted by Crippen LogP contribution is 2.29. The number of nitriles is 1. The fourth-order valence-electron chi connectivity index (χ4n) is 1.89. The minimum Gasteiger partial charge on any atom is -0.490 e. The normalized spacial score (nSPS) is 10.4. The molecule has 2 aromatic carbocycles. The van der Waals surface area contributed by atoms with E-state index in [4.69, 9.17) is 26.3 Å². The van der Waals surface area contributed by atoms with E-state index in [-0.39, 0.29) is 0 Å². The van der Waals surface area contributed by atoms with Gasteiger partial charge in [-0.1, -0.05) is 29.8 Å². The molecule has 0 saturated carbocycles. The molecular formula is C18H16ClNO2. The Morgan fingerprint density at radius 1 is 1.09 bits per heavy atom. The summed E-state index contributed by atoms with van der Waals surface area (Å²) in [5.41, 5.74) is 1.92. The molecule has 0 fully saturated rings. The summed E-state index contributed by atoms with van der Waals surface area (Å²) in [5.74, 6) is 1.34.